The van der Waals surface area contributed by atoms with Crippen LogP contribution in [0.15, 0.2) is 40.5 Å². The van der Waals surface area contributed by atoms with Crippen molar-refractivity contribution in [3.05, 3.63) is 51.2 Å². The minimum atomic E-state index is -1.22. The van der Waals surface area contributed by atoms with Crippen molar-refractivity contribution >= 4 is 23.3 Å². The molecule has 23 heavy (non-hydrogen) atoms. The number of nitrogens with two attached hydrogens (primary N) is 1. The number of carbonyl (C=O) groups excluding carboxylic acids is 1. The summed E-state index contributed by atoms with van der Waals surface area (Å²) in [5, 5.41) is 20.8. The van der Waals surface area contributed by atoms with Gasteiger partial charge in [-0.25, -0.2) is 0 Å². The van der Waals surface area contributed by atoms with Crippen LogP contribution in [0.1, 0.15) is 25.3 Å². The van der Waals surface area contributed by atoms with Gasteiger partial charge in [0.15, 0.2) is 0 Å². The molecular weight excluding hydrogens is 302 g/mol. The number of aliphatic carboxylic acids is 1. The number of amides is 1. The molecule has 2 unspecified atom stereocenters. The first-order valence-electron chi connectivity index (χ1n) is 6.77. The van der Waals surface area contributed by atoms with Crippen LogP contribution in [-0.2, 0) is 9.59 Å². The fourth-order valence-corrected chi connectivity index (χ4v) is 2.93. The van der Waals surface area contributed by atoms with E-state index in [2.05, 4.69) is 4.99 Å². The van der Waals surface area contributed by atoms with Gasteiger partial charge in [0, 0.05) is 34.5 Å². The molecule has 1 aliphatic rings. The average Bonchev–Trinajstić information content (AvgIpc) is 2.45. The van der Waals surface area contributed by atoms with E-state index in [9.17, 15) is 24.8 Å². The van der Waals surface area contributed by atoms with Gasteiger partial charge in [-0.3, -0.25) is 24.7 Å². The molecule has 1 heterocycles. The van der Waals surface area contributed by atoms with E-state index in [0.29, 0.717) is 0 Å². The molecule has 2 rings (SSSR count). The Hall–Kier alpha value is -3.03. The molecule has 0 fully saturated rings. The molecule has 0 saturated heterocycles. The third-order valence-electron chi connectivity index (χ3n) is 3.83. The molecular formula is C15H15N3O5. The Balaban J connectivity index is 2.78. The van der Waals surface area contributed by atoms with Crippen molar-refractivity contribution < 1.29 is 19.6 Å². The summed E-state index contributed by atoms with van der Waals surface area (Å²) in [5.74, 6) is -4.31. The van der Waals surface area contributed by atoms with Crippen molar-refractivity contribution in [3.8, 4) is 0 Å². The lowest BCUT2D eigenvalue weighted by atomic mass is 9.75. The van der Waals surface area contributed by atoms with Crippen molar-refractivity contribution in [2.24, 2.45) is 16.6 Å². The SMILES string of the molecule is CC1=NC(C)=C(C(N)=O)C(c2ccccc2[N+](=O)[O-])C1C(=O)O. The van der Waals surface area contributed by atoms with Crippen LogP contribution in [0.2, 0.25) is 0 Å². The van der Waals surface area contributed by atoms with Crippen LogP contribution >= 0.6 is 0 Å². The van der Waals surface area contributed by atoms with E-state index in [1.807, 2.05) is 0 Å². The van der Waals surface area contributed by atoms with Crippen molar-refractivity contribution in [1.29, 1.82) is 0 Å². The second-order valence-corrected chi connectivity index (χ2v) is 5.23. The van der Waals surface area contributed by atoms with Crippen molar-refractivity contribution in [2.75, 3.05) is 0 Å². The second-order valence-electron chi connectivity index (χ2n) is 5.23. The number of aliphatic imine (C=N–C) groups is 1. The molecule has 0 bridgehead atoms. The first-order chi connectivity index (χ1) is 10.8. The number of para-hydroxylation sites is 1. The van der Waals surface area contributed by atoms with Gasteiger partial charge < -0.3 is 10.8 Å². The topological polar surface area (TPSA) is 136 Å². The van der Waals surface area contributed by atoms with Crippen molar-refractivity contribution in [1.82, 2.24) is 0 Å². The van der Waals surface area contributed by atoms with Gasteiger partial charge >= 0.3 is 5.97 Å². The molecule has 0 aliphatic carbocycles. The first kappa shape index (κ1) is 16.3. The quantitative estimate of drug-likeness (QED) is 0.642. The predicted molar refractivity (Wildman–Crippen MR) is 82.0 cm³/mol. The van der Waals surface area contributed by atoms with Gasteiger partial charge in [0.25, 0.3) is 5.69 Å². The number of nitro benzene ring substituents is 1. The fourth-order valence-electron chi connectivity index (χ4n) is 2.93. The van der Waals surface area contributed by atoms with E-state index in [1.165, 1.54) is 32.0 Å². The van der Waals surface area contributed by atoms with Gasteiger partial charge in [-0.05, 0) is 13.8 Å². The Morgan fingerprint density at radius 1 is 1.30 bits per heavy atom. The highest BCUT2D eigenvalue weighted by Crippen LogP contribution is 2.42. The molecule has 2 atom stereocenters. The maximum Gasteiger partial charge on any atom is 0.313 e. The second kappa shape index (κ2) is 5.99. The summed E-state index contributed by atoms with van der Waals surface area (Å²) in [7, 11) is 0. The number of benzene rings is 1. The summed E-state index contributed by atoms with van der Waals surface area (Å²) in [6.45, 7) is 3.05. The molecule has 1 aromatic rings. The summed E-state index contributed by atoms with van der Waals surface area (Å²) in [4.78, 5) is 38.3. The fraction of sp³-hybridized carbons (Fsp3) is 0.267. The smallest absolute Gasteiger partial charge is 0.313 e. The molecule has 8 heteroatoms. The third-order valence-corrected chi connectivity index (χ3v) is 3.83. The number of hydrogen-bond donors (Lipinski definition) is 2. The van der Waals surface area contributed by atoms with E-state index < -0.39 is 28.6 Å². The summed E-state index contributed by atoms with van der Waals surface area (Å²) >= 11 is 0. The summed E-state index contributed by atoms with van der Waals surface area (Å²) < 4.78 is 0. The number of carboxylic acid groups (broad SMARTS) is 1. The van der Waals surface area contributed by atoms with Crippen LogP contribution in [-0.4, -0.2) is 27.6 Å². The third kappa shape index (κ3) is 2.83. The number of rotatable bonds is 4. The number of nitro groups is 1. The van der Waals surface area contributed by atoms with Crippen LogP contribution < -0.4 is 5.73 Å². The molecule has 1 amide bonds. The zero-order valence-electron chi connectivity index (χ0n) is 12.5. The van der Waals surface area contributed by atoms with Crippen LogP contribution in [0.25, 0.3) is 0 Å². The lowest BCUT2D eigenvalue weighted by Crippen LogP contribution is -2.36. The lowest BCUT2D eigenvalue weighted by Gasteiger charge is -2.29. The number of carbonyl (C=O) groups is 2. The van der Waals surface area contributed by atoms with Gasteiger partial charge in [-0.15, -0.1) is 0 Å². The minimum Gasteiger partial charge on any atom is -0.481 e. The zero-order chi connectivity index (χ0) is 17.3. The Labute approximate surface area is 131 Å². The largest absolute Gasteiger partial charge is 0.481 e. The number of primary amides is 1. The summed E-state index contributed by atoms with van der Waals surface area (Å²) in [6.07, 6.45) is 0. The van der Waals surface area contributed by atoms with Crippen molar-refractivity contribution in [2.45, 2.75) is 19.8 Å². The Morgan fingerprint density at radius 2 is 1.91 bits per heavy atom. The van der Waals surface area contributed by atoms with Gasteiger partial charge in [-0.1, -0.05) is 18.2 Å². The highest BCUT2D eigenvalue weighted by atomic mass is 16.6. The highest BCUT2D eigenvalue weighted by Gasteiger charge is 2.42. The van der Waals surface area contributed by atoms with E-state index in [4.69, 9.17) is 5.73 Å². The lowest BCUT2D eigenvalue weighted by molar-refractivity contribution is -0.385. The maximum atomic E-state index is 11.8. The zero-order valence-corrected chi connectivity index (χ0v) is 12.5. The number of allylic oxidation sites excluding steroid dienone is 1. The monoisotopic (exact) mass is 317 g/mol. The molecule has 1 aromatic carbocycles. The van der Waals surface area contributed by atoms with E-state index in [0.717, 1.165) is 0 Å². The Kier molecular flexibility index (Phi) is 4.26. The Morgan fingerprint density at radius 3 is 2.43 bits per heavy atom. The Bertz CT molecular complexity index is 766. The number of nitrogens with zero attached hydrogens (tertiary/aromatic N) is 2. The van der Waals surface area contributed by atoms with Crippen LogP contribution in [0.4, 0.5) is 5.69 Å². The van der Waals surface area contributed by atoms with Gasteiger partial charge in [0.2, 0.25) is 5.91 Å². The molecule has 0 spiro atoms. The average molecular weight is 317 g/mol. The van der Waals surface area contributed by atoms with E-state index >= 15 is 0 Å². The molecule has 8 nitrogen and oxygen atoms in total. The molecule has 3 N–H and O–H groups in total. The molecule has 0 aromatic heterocycles. The normalized spacial score (nSPS) is 20.9. The standard InChI is InChI=1S/C15H15N3O5/c1-7-11(14(16)19)13(12(15(20)21)8(2)17-7)9-5-3-4-6-10(9)18(22)23/h3-6,12-13H,1-2H3,(H2,16,19)(H,20,21). The molecule has 1 aliphatic heterocycles. The van der Waals surface area contributed by atoms with E-state index in [-0.39, 0.29) is 28.2 Å². The van der Waals surface area contributed by atoms with Gasteiger partial charge in [-0.2, -0.15) is 0 Å². The number of hydrogen-bond acceptors (Lipinski definition) is 5. The van der Waals surface area contributed by atoms with Crippen molar-refractivity contribution in [3.63, 3.8) is 0 Å². The minimum absolute atomic E-state index is 0.0164. The molecule has 0 radical (unpaired) electrons. The number of carboxylic acids is 1. The van der Waals surface area contributed by atoms with Gasteiger partial charge in [0.1, 0.15) is 5.92 Å². The molecule has 0 saturated carbocycles. The van der Waals surface area contributed by atoms with Gasteiger partial charge in [0.05, 0.1) is 4.92 Å². The van der Waals surface area contributed by atoms with Crippen LogP contribution in [0, 0.1) is 16.0 Å². The predicted octanol–water partition coefficient (Wildman–Crippen LogP) is 1.61. The first-order valence-corrected chi connectivity index (χ1v) is 6.77. The molecule has 120 valence electrons. The summed E-state index contributed by atoms with van der Waals surface area (Å²) in [6, 6.07) is 5.73. The van der Waals surface area contributed by atoms with Crippen LogP contribution in [0.3, 0.4) is 0 Å². The maximum absolute atomic E-state index is 11.8. The highest BCUT2D eigenvalue weighted by molar-refractivity contribution is 6.07. The summed E-state index contributed by atoms with van der Waals surface area (Å²) in [5.41, 5.74) is 5.79. The van der Waals surface area contributed by atoms with E-state index in [1.54, 1.807) is 6.07 Å². The van der Waals surface area contributed by atoms with Crippen LogP contribution in [0.5, 0.6) is 0 Å².